The number of ether oxygens (including phenoxy) is 1. The highest BCUT2D eigenvalue weighted by Gasteiger charge is 2.12. The minimum atomic E-state index is 0.755. The van der Waals surface area contributed by atoms with Crippen LogP contribution in [0, 0.1) is 0 Å². The van der Waals surface area contributed by atoms with E-state index in [1.54, 1.807) is 13.3 Å². The van der Waals surface area contributed by atoms with E-state index in [0.717, 1.165) is 29.2 Å². The number of nitrogens with zero attached hydrogens (tertiary/aromatic N) is 2. The maximum atomic E-state index is 5.67. The van der Waals surface area contributed by atoms with Crippen molar-refractivity contribution in [1.82, 2.24) is 9.78 Å². The molecule has 0 bridgehead atoms. The topological polar surface area (TPSA) is 53.1 Å². The van der Waals surface area contributed by atoms with Gasteiger partial charge in [-0.2, -0.15) is 5.10 Å². The molecule has 0 fully saturated rings. The third kappa shape index (κ3) is 1.74. The molecule has 2 N–H and O–H groups in total. The van der Waals surface area contributed by atoms with E-state index < -0.39 is 0 Å². The van der Waals surface area contributed by atoms with Gasteiger partial charge in [0.05, 0.1) is 13.3 Å². The van der Waals surface area contributed by atoms with Crippen molar-refractivity contribution in [3.8, 4) is 17.0 Å². The molecule has 2 aromatic rings. The van der Waals surface area contributed by atoms with E-state index in [4.69, 9.17) is 10.5 Å². The number of aromatic nitrogens is 2. The SMILES string of the molecule is CCn1ncc(OC)c1-c1ccc(N)cc1. The standard InChI is InChI=1S/C12H15N3O/c1-3-15-12(11(16-2)8-14-15)9-4-6-10(13)7-5-9/h4-8H,3,13H2,1-2H3. The zero-order valence-corrected chi connectivity index (χ0v) is 9.47. The zero-order valence-electron chi connectivity index (χ0n) is 9.47. The summed E-state index contributed by atoms with van der Waals surface area (Å²) in [4.78, 5) is 0. The molecule has 4 nitrogen and oxygen atoms in total. The van der Waals surface area contributed by atoms with E-state index >= 15 is 0 Å². The van der Waals surface area contributed by atoms with Crippen LogP contribution in [0.15, 0.2) is 30.5 Å². The number of benzene rings is 1. The molecule has 4 heteroatoms. The molecule has 0 saturated heterocycles. The maximum absolute atomic E-state index is 5.67. The molecule has 0 aliphatic carbocycles. The highest BCUT2D eigenvalue weighted by Crippen LogP contribution is 2.29. The molecule has 1 aromatic heterocycles. The van der Waals surface area contributed by atoms with Gasteiger partial charge in [0, 0.05) is 17.8 Å². The van der Waals surface area contributed by atoms with E-state index in [2.05, 4.69) is 5.10 Å². The molecular weight excluding hydrogens is 202 g/mol. The molecule has 0 amide bonds. The van der Waals surface area contributed by atoms with Crippen molar-refractivity contribution in [2.24, 2.45) is 0 Å². The molecule has 0 aliphatic heterocycles. The van der Waals surface area contributed by atoms with Gasteiger partial charge in [0.25, 0.3) is 0 Å². The summed E-state index contributed by atoms with van der Waals surface area (Å²) in [6.45, 7) is 2.86. The summed E-state index contributed by atoms with van der Waals surface area (Å²) < 4.78 is 7.20. The first-order chi connectivity index (χ1) is 7.76. The van der Waals surface area contributed by atoms with Crippen LogP contribution in [0.2, 0.25) is 0 Å². The number of hydrogen-bond acceptors (Lipinski definition) is 3. The molecule has 84 valence electrons. The fraction of sp³-hybridized carbons (Fsp3) is 0.250. The lowest BCUT2D eigenvalue weighted by Gasteiger charge is -2.07. The van der Waals surface area contributed by atoms with E-state index in [9.17, 15) is 0 Å². The Balaban J connectivity index is 2.52. The summed E-state index contributed by atoms with van der Waals surface area (Å²) in [7, 11) is 1.65. The lowest BCUT2D eigenvalue weighted by molar-refractivity contribution is 0.416. The van der Waals surface area contributed by atoms with Crippen molar-refractivity contribution >= 4 is 5.69 Å². The number of hydrogen-bond donors (Lipinski definition) is 1. The van der Waals surface area contributed by atoms with Gasteiger partial charge in [-0.05, 0) is 19.1 Å². The van der Waals surface area contributed by atoms with Crippen molar-refractivity contribution in [2.45, 2.75) is 13.5 Å². The van der Waals surface area contributed by atoms with E-state index in [0.29, 0.717) is 0 Å². The van der Waals surface area contributed by atoms with E-state index in [-0.39, 0.29) is 0 Å². The Kier molecular flexibility index (Phi) is 2.81. The number of anilines is 1. The zero-order chi connectivity index (χ0) is 11.5. The van der Waals surface area contributed by atoms with Crippen molar-refractivity contribution in [3.63, 3.8) is 0 Å². The fourth-order valence-corrected chi connectivity index (χ4v) is 1.69. The van der Waals surface area contributed by atoms with Crippen LogP contribution in [0.3, 0.4) is 0 Å². The Labute approximate surface area is 94.6 Å². The maximum Gasteiger partial charge on any atom is 0.164 e. The van der Waals surface area contributed by atoms with Gasteiger partial charge in [0.1, 0.15) is 5.69 Å². The summed E-state index contributed by atoms with van der Waals surface area (Å²) in [6, 6.07) is 7.70. The number of rotatable bonds is 3. The highest BCUT2D eigenvalue weighted by molar-refractivity contribution is 5.68. The fourth-order valence-electron chi connectivity index (χ4n) is 1.69. The van der Waals surface area contributed by atoms with Gasteiger partial charge in [-0.3, -0.25) is 4.68 Å². The second-order valence-electron chi connectivity index (χ2n) is 3.50. The number of nitrogens with two attached hydrogens (primary N) is 1. The van der Waals surface area contributed by atoms with Crippen molar-refractivity contribution in [2.75, 3.05) is 12.8 Å². The van der Waals surface area contributed by atoms with Gasteiger partial charge in [0.2, 0.25) is 0 Å². The van der Waals surface area contributed by atoms with Crippen LogP contribution in [0.1, 0.15) is 6.92 Å². The van der Waals surface area contributed by atoms with Crippen molar-refractivity contribution in [3.05, 3.63) is 30.5 Å². The highest BCUT2D eigenvalue weighted by atomic mass is 16.5. The smallest absolute Gasteiger partial charge is 0.164 e. The molecule has 0 unspecified atom stereocenters. The summed E-state index contributed by atoms with van der Waals surface area (Å²) in [5.41, 5.74) is 8.47. The molecule has 1 aromatic carbocycles. The monoisotopic (exact) mass is 217 g/mol. The Morgan fingerprint density at radius 3 is 2.56 bits per heavy atom. The van der Waals surface area contributed by atoms with Gasteiger partial charge < -0.3 is 10.5 Å². The summed E-state index contributed by atoms with van der Waals surface area (Å²) in [5.74, 6) is 0.784. The molecule has 0 radical (unpaired) electrons. The van der Waals surface area contributed by atoms with E-state index in [1.807, 2.05) is 35.9 Å². The van der Waals surface area contributed by atoms with Crippen LogP contribution >= 0.6 is 0 Å². The van der Waals surface area contributed by atoms with Crippen LogP contribution in [0.25, 0.3) is 11.3 Å². The third-order valence-corrected chi connectivity index (χ3v) is 2.51. The molecule has 0 atom stereocenters. The lowest BCUT2D eigenvalue weighted by Crippen LogP contribution is -1.99. The van der Waals surface area contributed by atoms with Crippen LogP contribution < -0.4 is 10.5 Å². The van der Waals surface area contributed by atoms with E-state index in [1.165, 1.54) is 0 Å². The quantitative estimate of drug-likeness (QED) is 0.801. The minimum Gasteiger partial charge on any atom is -0.493 e. The van der Waals surface area contributed by atoms with Crippen LogP contribution in [0.5, 0.6) is 5.75 Å². The third-order valence-electron chi connectivity index (χ3n) is 2.51. The second-order valence-corrected chi connectivity index (χ2v) is 3.50. The van der Waals surface area contributed by atoms with Gasteiger partial charge in [-0.25, -0.2) is 0 Å². The predicted octanol–water partition coefficient (Wildman–Crippen LogP) is 2.16. The largest absolute Gasteiger partial charge is 0.493 e. The summed E-state index contributed by atoms with van der Waals surface area (Å²) in [6.07, 6.45) is 1.73. The molecule has 0 saturated carbocycles. The molecule has 2 rings (SSSR count). The number of methoxy groups -OCH3 is 1. The molecule has 16 heavy (non-hydrogen) atoms. The Hall–Kier alpha value is -1.97. The number of aryl methyl sites for hydroxylation is 1. The Bertz CT molecular complexity index is 452. The minimum absolute atomic E-state index is 0.755. The van der Waals surface area contributed by atoms with Crippen molar-refractivity contribution in [1.29, 1.82) is 0 Å². The Morgan fingerprint density at radius 2 is 2.00 bits per heavy atom. The first kappa shape index (κ1) is 10.5. The predicted molar refractivity (Wildman–Crippen MR) is 64.3 cm³/mol. The van der Waals surface area contributed by atoms with Gasteiger partial charge in [-0.15, -0.1) is 0 Å². The van der Waals surface area contributed by atoms with Crippen LogP contribution in [-0.2, 0) is 6.54 Å². The Morgan fingerprint density at radius 1 is 1.31 bits per heavy atom. The molecule has 1 heterocycles. The summed E-state index contributed by atoms with van der Waals surface area (Å²) >= 11 is 0. The average molecular weight is 217 g/mol. The first-order valence-corrected chi connectivity index (χ1v) is 5.22. The van der Waals surface area contributed by atoms with Gasteiger partial charge >= 0.3 is 0 Å². The van der Waals surface area contributed by atoms with Crippen molar-refractivity contribution < 1.29 is 4.74 Å². The molecule has 0 spiro atoms. The molecule has 0 aliphatic rings. The normalized spacial score (nSPS) is 10.4. The number of nitrogen functional groups attached to an aromatic ring is 1. The first-order valence-electron chi connectivity index (χ1n) is 5.22. The van der Waals surface area contributed by atoms with Crippen LogP contribution in [-0.4, -0.2) is 16.9 Å². The second kappa shape index (κ2) is 4.26. The summed E-state index contributed by atoms with van der Waals surface area (Å²) in [5, 5.41) is 4.26. The van der Waals surface area contributed by atoms with Gasteiger partial charge in [-0.1, -0.05) is 12.1 Å². The van der Waals surface area contributed by atoms with Gasteiger partial charge in [0.15, 0.2) is 5.75 Å². The average Bonchev–Trinajstić information content (AvgIpc) is 2.73. The lowest BCUT2D eigenvalue weighted by atomic mass is 10.1. The molecular formula is C12H15N3O. The van der Waals surface area contributed by atoms with Crippen LogP contribution in [0.4, 0.5) is 5.69 Å².